The fourth-order valence-electron chi connectivity index (χ4n) is 3.06. The van der Waals surface area contributed by atoms with Crippen LogP contribution in [-0.4, -0.2) is 33.3 Å². The van der Waals surface area contributed by atoms with Crippen LogP contribution in [-0.2, 0) is 13.2 Å². The Labute approximate surface area is 198 Å². The van der Waals surface area contributed by atoms with Crippen molar-refractivity contribution in [1.82, 2.24) is 15.2 Å². The molecule has 0 bridgehead atoms. The van der Waals surface area contributed by atoms with Gasteiger partial charge in [-0.3, -0.25) is 15.1 Å². The Balaban J connectivity index is 1.52. The molecule has 4 aromatic rings. The molecule has 2 N–H and O–H groups in total. The van der Waals surface area contributed by atoms with E-state index >= 15 is 0 Å². The largest absolute Gasteiger partial charge is 0.496 e. The number of pyridine rings is 1. The lowest BCUT2D eigenvalue weighted by atomic mass is 9.99. The Bertz CT molecular complexity index is 1260. The summed E-state index contributed by atoms with van der Waals surface area (Å²) in [6.07, 6.45) is 1.42. The quantitative estimate of drug-likeness (QED) is 0.378. The molecule has 0 aliphatic carbocycles. The molecule has 0 radical (unpaired) electrons. The first-order valence-electron chi connectivity index (χ1n) is 9.82. The van der Waals surface area contributed by atoms with Gasteiger partial charge in [-0.2, -0.15) is 0 Å². The topological polar surface area (TPSA) is 106 Å². The van der Waals surface area contributed by atoms with Crippen molar-refractivity contribution in [2.75, 3.05) is 12.4 Å². The summed E-state index contributed by atoms with van der Waals surface area (Å²) < 4.78 is 11.1. The molecule has 2 aromatic heterocycles. The van der Waals surface area contributed by atoms with Gasteiger partial charge in [0.25, 0.3) is 11.1 Å². The van der Waals surface area contributed by atoms with Gasteiger partial charge >= 0.3 is 0 Å². The van der Waals surface area contributed by atoms with Crippen LogP contribution in [0.25, 0.3) is 11.1 Å². The number of para-hydroxylation sites is 1. The molecule has 1 amide bonds. The van der Waals surface area contributed by atoms with Crippen molar-refractivity contribution in [3.05, 3.63) is 82.6 Å². The number of ether oxygens (including phenoxy) is 2. The Kier molecular flexibility index (Phi) is 7.13. The maximum absolute atomic E-state index is 13.1. The molecule has 0 spiro atoms. The van der Waals surface area contributed by atoms with Gasteiger partial charge in [-0.1, -0.05) is 47.0 Å². The zero-order valence-corrected chi connectivity index (χ0v) is 19.1. The standard InChI is InChI=1S/C23H19ClN4O4S/c1-31-20-5-3-2-4-17(20)18-10-16(12-29)25-11-19(18)21(30)26-22-27-28-23(33-22)32-13-14-6-8-15(24)9-7-14/h2-11,29H,12-13H2,1H3,(H,26,27,30). The molecule has 0 unspecified atom stereocenters. The van der Waals surface area contributed by atoms with Crippen LogP contribution < -0.4 is 14.8 Å². The average Bonchev–Trinajstić information content (AvgIpc) is 3.30. The average molecular weight is 483 g/mol. The molecule has 0 atom stereocenters. The monoisotopic (exact) mass is 482 g/mol. The van der Waals surface area contributed by atoms with E-state index in [2.05, 4.69) is 20.5 Å². The number of aromatic nitrogens is 3. The second kappa shape index (κ2) is 10.4. The number of benzene rings is 2. The number of amides is 1. The Hall–Kier alpha value is -3.53. The minimum absolute atomic E-state index is 0.255. The lowest BCUT2D eigenvalue weighted by Gasteiger charge is -2.13. The van der Waals surface area contributed by atoms with E-state index in [0.717, 1.165) is 16.9 Å². The highest BCUT2D eigenvalue weighted by Gasteiger charge is 2.19. The summed E-state index contributed by atoms with van der Waals surface area (Å²) in [6.45, 7) is 0.0407. The van der Waals surface area contributed by atoms with Crippen molar-refractivity contribution in [3.8, 4) is 22.1 Å². The van der Waals surface area contributed by atoms with Gasteiger partial charge in [-0.05, 0) is 41.2 Å². The molecule has 0 fully saturated rings. The van der Waals surface area contributed by atoms with Crippen molar-refractivity contribution in [1.29, 1.82) is 0 Å². The second-order valence-electron chi connectivity index (χ2n) is 6.82. The zero-order chi connectivity index (χ0) is 23.2. The molecular formula is C23H19ClN4O4S. The highest BCUT2D eigenvalue weighted by atomic mass is 35.5. The van der Waals surface area contributed by atoms with Gasteiger partial charge in [0, 0.05) is 22.3 Å². The van der Waals surface area contributed by atoms with Crippen LogP contribution in [0.4, 0.5) is 5.13 Å². The third-order valence-corrected chi connectivity index (χ3v) is 5.67. The predicted molar refractivity (Wildman–Crippen MR) is 126 cm³/mol. The number of nitrogens with one attached hydrogen (secondary N) is 1. The number of nitrogens with zero attached hydrogens (tertiary/aromatic N) is 3. The van der Waals surface area contributed by atoms with Crippen LogP contribution in [0, 0.1) is 0 Å². The molecule has 168 valence electrons. The lowest BCUT2D eigenvalue weighted by Crippen LogP contribution is -2.14. The molecule has 10 heteroatoms. The fraction of sp³-hybridized carbons (Fsp3) is 0.130. The number of carbonyl (C=O) groups is 1. The molecule has 0 aliphatic rings. The van der Waals surface area contributed by atoms with Gasteiger partial charge in [0.1, 0.15) is 12.4 Å². The van der Waals surface area contributed by atoms with Crippen molar-refractivity contribution in [3.63, 3.8) is 0 Å². The van der Waals surface area contributed by atoms with E-state index in [1.54, 1.807) is 31.4 Å². The maximum atomic E-state index is 13.1. The molecule has 2 heterocycles. The van der Waals surface area contributed by atoms with Crippen LogP contribution in [0.5, 0.6) is 10.9 Å². The van der Waals surface area contributed by atoms with E-state index in [1.807, 2.05) is 30.3 Å². The molecule has 0 aliphatic heterocycles. The van der Waals surface area contributed by atoms with Crippen molar-refractivity contribution < 1.29 is 19.4 Å². The van der Waals surface area contributed by atoms with Gasteiger partial charge in [0.15, 0.2) is 0 Å². The minimum atomic E-state index is -0.423. The molecule has 4 rings (SSSR count). The first-order chi connectivity index (χ1) is 16.1. The SMILES string of the molecule is COc1ccccc1-c1cc(CO)ncc1C(=O)Nc1nnc(OCc2ccc(Cl)cc2)s1. The summed E-state index contributed by atoms with van der Waals surface area (Å²) in [5.74, 6) is 0.170. The van der Waals surface area contributed by atoms with Gasteiger partial charge in [0.2, 0.25) is 5.13 Å². The molecule has 33 heavy (non-hydrogen) atoms. The second-order valence-corrected chi connectivity index (χ2v) is 8.20. The first kappa shape index (κ1) is 22.7. The molecule has 2 aromatic carbocycles. The molecule has 0 saturated carbocycles. The summed E-state index contributed by atoms with van der Waals surface area (Å²) in [6, 6.07) is 16.2. The Morgan fingerprint density at radius 2 is 1.91 bits per heavy atom. The van der Waals surface area contributed by atoms with Crippen molar-refractivity contribution >= 4 is 34.0 Å². The summed E-state index contributed by atoms with van der Waals surface area (Å²) in [5, 5.41) is 21.4. The van der Waals surface area contributed by atoms with E-state index in [9.17, 15) is 9.90 Å². The van der Waals surface area contributed by atoms with E-state index < -0.39 is 5.91 Å². The zero-order valence-electron chi connectivity index (χ0n) is 17.5. The Morgan fingerprint density at radius 3 is 2.67 bits per heavy atom. The van der Waals surface area contributed by atoms with E-state index in [4.69, 9.17) is 21.1 Å². The number of anilines is 1. The van der Waals surface area contributed by atoms with E-state index in [-0.39, 0.29) is 11.7 Å². The smallest absolute Gasteiger partial charge is 0.296 e. The van der Waals surface area contributed by atoms with Gasteiger partial charge < -0.3 is 14.6 Å². The number of carbonyl (C=O) groups excluding carboxylic acids is 1. The summed E-state index contributed by atoms with van der Waals surface area (Å²) in [5.41, 5.74) is 2.94. The van der Waals surface area contributed by atoms with Crippen LogP contribution in [0.1, 0.15) is 21.6 Å². The first-order valence-corrected chi connectivity index (χ1v) is 11.0. The number of aliphatic hydroxyl groups excluding tert-OH is 1. The number of hydrogen-bond acceptors (Lipinski definition) is 8. The number of hydrogen-bond donors (Lipinski definition) is 2. The number of methoxy groups -OCH3 is 1. The fourth-order valence-corrected chi connectivity index (χ4v) is 3.78. The molecule has 8 nitrogen and oxygen atoms in total. The van der Waals surface area contributed by atoms with Gasteiger partial charge in [-0.15, -0.1) is 5.10 Å². The highest BCUT2D eigenvalue weighted by Crippen LogP contribution is 2.33. The number of aliphatic hydroxyl groups is 1. The summed E-state index contributed by atoms with van der Waals surface area (Å²) >= 11 is 7.00. The summed E-state index contributed by atoms with van der Waals surface area (Å²) in [4.78, 5) is 17.2. The minimum Gasteiger partial charge on any atom is -0.496 e. The van der Waals surface area contributed by atoms with Crippen molar-refractivity contribution in [2.45, 2.75) is 13.2 Å². The third kappa shape index (κ3) is 5.46. The van der Waals surface area contributed by atoms with E-state index in [1.165, 1.54) is 6.20 Å². The number of rotatable bonds is 8. The predicted octanol–water partition coefficient (Wildman–Crippen LogP) is 4.59. The van der Waals surface area contributed by atoms with Crippen LogP contribution >= 0.6 is 22.9 Å². The summed E-state index contributed by atoms with van der Waals surface area (Å²) in [7, 11) is 1.56. The van der Waals surface area contributed by atoms with Crippen molar-refractivity contribution in [2.24, 2.45) is 0 Å². The maximum Gasteiger partial charge on any atom is 0.296 e. The van der Waals surface area contributed by atoms with E-state index in [0.29, 0.717) is 45.0 Å². The number of halogens is 1. The molecular weight excluding hydrogens is 464 g/mol. The van der Waals surface area contributed by atoms with Crippen LogP contribution in [0.2, 0.25) is 5.02 Å². The normalized spacial score (nSPS) is 10.6. The lowest BCUT2D eigenvalue weighted by molar-refractivity contribution is 0.102. The highest BCUT2D eigenvalue weighted by molar-refractivity contribution is 7.17. The third-order valence-electron chi connectivity index (χ3n) is 4.67. The Morgan fingerprint density at radius 1 is 1.12 bits per heavy atom. The molecule has 0 saturated heterocycles. The van der Waals surface area contributed by atoms with Crippen LogP contribution in [0.15, 0.2) is 60.8 Å². The van der Waals surface area contributed by atoms with Gasteiger partial charge in [-0.25, -0.2) is 0 Å². The van der Waals surface area contributed by atoms with Gasteiger partial charge in [0.05, 0.1) is 25.0 Å². The van der Waals surface area contributed by atoms with Crippen LogP contribution in [0.3, 0.4) is 0 Å².